The number of fused-ring (bicyclic) bond motifs is 1. The van der Waals surface area contributed by atoms with Gasteiger partial charge in [-0.1, -0.05) is 36.4 Å². The molecule has 0 spiro atoms. The summed E-state index contributed by atoms with van der Waals surface area (Å²) in [7, 11) is 0. The van der Waals surface area contributed by atoms with Crippen LogP contribution in [0.3, 0.4) is 0 Å². The van der Waals surface area contributed by atoms with E-state index in [0.29, 0.717) is 5.75 Å². The van der Waals surface area contributed by atoms with Crippen molar-refractivity contribution in [1.82, 2.24) is 0 Å². The van der Waals surface area contributed by atoms with Crippen molar-refractivity contribution in [2.24, 2.45) is 0 Å². The predicted octanol–water partition coefficient (Wildman–Crippen LogP) is 2.54. The van der Waals surface area contributed by atoms with Crippen LogP contribution in [0.15, 0.2) is 42.5 Å². The molecule has 2 heteroatoms. The van der Waals surface area contributed by atoms with E-state index in [2.05, 4.69) is 0 Å². The van der Waals surface area contributed by atoms with Gasteiger partial charge in [-0.05, 0) is 11.5 Å². The summed E-state index contributed by atoms with van der Waals surface area (Å²) < 4.78 is 0. The first kappa shape index (κ1) is 9.21. The maximum Gasteiger partial charge on any atom is 0.123 e. The van der Waals surface area contributed by atoms with Crippen LogP contribution < -0.4 is 0 Å². The quantitative estimate of drug-likeness (QED) is 0.661. The zero-order valence-electron chi connectivity index (χ0n) is 6.70. The Bertz CT molecular complexity index is 379. The van der Waals surface area contributed by atoms with E-state index in [-0.39, 0.29) is 19.5 Å². The fraction of sp³-hybridized carbons (Fsp3) is 0. The number of phenols is 1. The second-order valence-electron chi connectivity index (χ2n) is 2.50. The molecule has 0 saturated carbocycles. The fourth-order valence-corrected chi connectivity index (χ4v) is 1.21. The largest absolute Gasteiger partial charge is 0.507 e. The third-order valence-electron chi connectivity index (χ3n) is 1.77. The van der Waals surface area contributed by atoms with Crippen molar-refractivity contribution in [2.75, 3.05) is 0 Å². The third-order valence-corrected chi connectivity index (χ3v) is 1.77. The van der Waals surface area contributed by atoms with Crippen LogP contribution in [0.25, 0.3) is 10.8 Å². The van der Waals surface area contributed by atoms with Gasteiger partial charge in [0.1, 0.15) is 5.75 Å². The first-order valence-corrected chi connectivity index (χ1v) is 3.54. The zero-order valence-corrected chi connectivity index (χ0v) is 9.66. The van der Waals surface area contributed by atoms with Gasteiger partial charge in [-0.25, -0.2) is 0 Å². The molecule has 0 fully saturated rings. The summed E-state index contributed by atoms with van der Waals surface area (Å²) in [5, 5.41) is 11.4. The summed E-state index contributed by atoms with van der Waals surface area (Å²) in [6.45, 7) is 0. The minimum Gasteiger partial charge on any atom is -0.507 e. The number of hydrogen-bond acceptors (Lipinski definition) is 1. The molecule has 0 aliphatic carbocycles. The normalized spacial score (nSPS) is 9.33. The van der Waals surface area contributed by atoms with Crippen molar-refractivity contribution in [1.29, 1.82) is 0 Å². The Kier molecular flexibility index (Phi) is 2.83. The first-order valence-electron chi connectivity index (χ1n) is 3.54. The van der Waals surface area contributed by atoms with E-state index in [4.69, 9.17) is 0 Å². The molecule has 0 aliphatic rings. The molecule has 0 atom stereocenters. The van der Waals surface area contributed by atoms with Gasteiger partial charge in [-0.15, -0.1) is 0 Å². The number of rotatable bonds is 0. The van der Waals surface area contributed by atoms with E-state index in [9.17, 15) is 5.11 Å². The van der Waals surface area contributed by atoms with E-state index in [0.717, 1.165) is 10.8 Å². The molecule has 2 rings (SSSR count). The Morgan fingerprint density at radius 3 is 2.25 bits per heavy atom. The Balaban J connectivity index is 0.000000720. The molecule has 0 aliphatic heterocycles. The van der Waals surface area contributed by atoms with E-state index in [1.54, 1.807) is 6.07 Å². The SMILES string of the molecule is Oc1cccc2ccccc12.[Zn]. The van der Waals surface area contributed by atoms with Gasteiger partial charge >= 0.3 is 0 Å². The minimum atomic E-state index is 0. The van der Waals surface area contributed by atoms with E-state index < -0.39 is 0 Å². The van der Waals surface area contributed by atoms with Gasteiger partial charge < -0.3 is 5.11 Å². The molecule has 1 N–H and O–H groups in total. The van der Waals surface area contributed by atoms with E-state index in [1.165, 1.54) is 0 Å². The third kappa shape index (κ3) is 1.49. The van der Waals surface area contributed by atoms with Crippen LogP contribution in [-0.2, 0) is 19.5 Å². The Hall–Kier alpha value is -0.877. The van der Waals surface area contributed by atoms with Gasteiger partial charge in [0.2, 0.25) is 0 Å². The number of benzene rings is 2. The molecular weight excluding hydrogens is 201 g/mol. The van der Waals surface area contributed by atoms with Crippen LogP contribution in [-0.4, -0.2) is 5.11 Å². The second kappa shape index (κ2) is 3.68. The average molecular weight is 210 g/mol. The van der Waals surface area contributed by atoms with Gasteiger partial charge in [-0.3, -0.25) is 0 Å². The summed E-state index contributed by atoms with van der Waals surface area (Å²) in [4.78, 5) is 0. The maximum absolute atomic E-state index is 9.37. The first-order chi connectivity index (χ1) is 5.38. The minimum absolute atomic E-state index is 0. The molecule has 2 aromatic carbocycles. The van der Waals surface area contributed by atoms with Crippen LogP contribution in [0.5, 0.6) is 5.75 Å². The van der Waals surface area contributed by atoms with Gasteiger partial charge in [0, 0.05) is 24.9 Å². The molecule has 12 heavy (non-hydrogen) atoms. The van der Waals surface area contributed by atoms with Gasteiger partial charge in [0.15, 0.2) is 0 Å². The number of hydrogen-bond donors (Lipinski definition) is 1. The number of phenolic OH excluding ortho intramolecular Hbond substituents is 1. The van der Waals surface area contributed by atoms with Crippen LogP contribution in [0.2, 0.25) is 0 Å². The summed E-state index contributed by atoms with van der Waals surface area (Å²) in [6.07, 6.45) is 0. The van der Waals surface area contributed by atoms with Gasteiger partial charge in [-0.2, -0.15) is 0 Å². The van der Waals surface area contributed by atoms with Gasteiger partial charge in [0.05, 0.1) is 0 Å². The van der Waals surface area contributed by atoms with Crippen molar-refractivity contribution in [3.05, 3.63) is 42.5 Å². The molecule has 0 bridgehead atoms. The molecule has 0 heterocycles. The zero-order chi connectivity index (χ0) is 7.68. The molecule has 0 saturated heterocycles. The van der Waals surface area contributed by atoms with Crippen LogP contribution in [0.4, 0.5) is 0 Å². The summed E-state index contributed by atoms with van der Waals surface area (Å²) in [6, 6.07) is 13.3. The second-order valence-corrected chi connectivity index (χ2v) is 2.50. The summed E-state index contributed by atoms with van der Waals surface area (Å²) in [5.74, 6) is 0.350. The van der Waals surface area contributed by atoms with Crippen molar-refractivity contribution in [3.8, 4) is 5.75 Å². The Labute approximate surface area is 83.8 Å². The number of aromatic hydroxyl groups is 1. The van der Waals surface area contributed by atoms with Crippen molar-refractivity contribution >= 4 is 10.8 Å². The van der Waals surface area contributed by atoms with Crippen LogP contribution in [0.1, 0.15) is 0 Å². The molecular formula is C10H8OZn. The van der Waals surface area contributed by atoms with E-state index >= 15 is 0 Å². The maximum atomic E-state index is 9.37. The molecule has 1 nitrogen and oxygen atoms in total. The summed E-state index contributed by atoms with van der Waals surface area (Å²) >= 11 is 0. The average Bonchev–Trinajstić information content (AvgIpc) is 2.06. The standard InChI is InChI=1S/C10H8O.Zn/c11-10-7-3-5-8-4-1-2-6-9(8)10;/h1-7,11H;. The molecule has 0 unspecified atom stereocenters. The van der Waals surface area contributed by atoms with Gasteiger partial charge in [0.25, 0.3) is 0 Å². The molecule has 56 valence electrons. The Morgan fingerprint density at radius 2 is 1.50 bits per heavy atom. The molecule has 0 radical (unpaired) electrons. The monoisotopic (exact) mass is 208 g/mol. The van der Waals surface area contributed by atoms with Crippen molar-refractivity contribution in [3.63, 3.8) is 0 Å². The molecule has 0 amide bonds. The van der Waals surface area contributed by atoms with Crippen LogP contribution >= 0.6 is 0 Å². The van der Waals surface area contributed by atoms with Crippen LogP contribution in [0, 0.1) is 0 Å². The van der Waals surface area contributed by atoms with Crippen molar-refractivity contribution in [2.45, 2.75) is 0 Å². The fourth-order valence-electron chi connectivity index (χ4n) is 1.21. The Morgan fingerprint density at radius 1 is 0.833 bits per heavy atom. The van der Waals surface area contributed by atoms with E-state index in [1.807, 2.05) is 36.4 Å². The summed E-state index contributed by atoms with van der Waals surface area (Å²) in [5.41, 5.74) is 0. The predicted molar refractivity (Wildman–Crippen MR) is 45.6 cm³/mol. The molecule has 0 aromatic heterocycles. The smallest absolute Gasteiger partial charge is 0.123 e. The van der Waals surface area contributed by atoms with Crippen molar-refractivity contribution < 1.29 is 24.6 Å². The molecule has 2 aromatic rings. The topological polar surface area (TPSA) is 20.2 Å².